The highest BCUT2D eigenvalue weighted by Crippen LogP contribution is 1.99. The quantitative estimate of drug-likeness (QED) is 0.472. The van der Waals surface area contributed by atoms with E-state index in [1.807, 2.05) is 0 Å². The Hall–Kier alpha value is -0.0800. The first-order valence-corrected chi connectivity index (χ1v) is 7.12. The van der Waals surface area contributed by atoms with Gasteiger partial charge in [-0.2, -0.15) is 0 Å². The van der Waals surface area contributed by atoms with Gasteiger partial charge in [-0.15, -0.1) is 0 Å². The summed E-state index contributed by atoms with van der Waals surface area (Å²) in [4.78, 5) is 0. The highest BCUT2D eigenvalue weighted by Gasteiger charge is 1.91. The van der Waals surface area contributed by atoms with Gasteiger partial charge in [0.25, 0.3) is 0 Å². The first-order valence-electron chi connectivity index (χ1n) is 7.12. The Morgan fingerprint density at radius 3 is 1.69 bits per heavy atom. The fraction of sp³-hybridized carbons (Fsp3) is 0.929. The maximum absolute atomic E-state index is 3.85. The van der Waals surface area contributed by atoms with Crippen LogP contribution in [-0.4, -0.2) is 26.2 Å². The molecule has 1 radical (unpaired) electrons. The van der Waals surface area contributed by atoms with E-state index < -0.39 is 0 Å². The van der Waals surface area contributed by atoms with Crippen LogP contribution in [0.15, 0.2) is 0 Å². The van der Waals surface area contributed by atoms with E-state index in [4.69, 9.17) is 0 Å². The lowest BCUT2D eigenvalue weighted by Crippen LogP contribution is -2.17. The minimum atomic E-state index is 1.09. The number of hydrogen-bond donors (Lipinski definition) is 2. The standard InChI is InChI=1S/C14H31N2/c1-3-5-6-9-13-16-14-11-8-7-10-12-15-4-2/h15-16H,1,3-14H2,2H3. The van der Waals surface area contributed by atoms with E-state index in [2.05, 4.69) is 24.5 Å². The molecule has 0 atom stereocenters. The van der Waals surface area contributed by atoms with E-state index in [9.17, 15) is 0 Å². The second-order valence-electron chi connectivity index (χ2n) is 4.43. The molecule has 97 valence electrons. The Bertz CT molecular complexity index is 101. The van der Waals surface area contributed by atoms with Crippen LogP contribution in [0.2, 0.25) is 0 Å². The highest BCUT2D eigenvalue weighted by molar-refractivity contribution is 4.52. The van der Waals surface area contributed by atoms with E-state index in [1.165, 1.54) is 64.6 Å². The van der Waals surface area contributed by atoms with Gasteiger partial charge in [0, 0.05) is 0 Å². The van der Waals surface area contributed by atoms with E-state index in [0.717, 1.165) is 13.0 Å². The van der Waals surface area contributed by atoms with Crippen LogP contribution in [0.3, 0.4) is 0 Å². The first-order chi connectivity index (χ1) is 7.91. The SMILES string of the molecule is [CH2]CCCCCNCCCCCCNCC. The molecule has 0 saturated heterocycles. The van der Waals surface area contributed by atoms with E-state index in [1.54, 1.807) is 0 Å². The van der Waals surface area contributed by atoms with Crippen molar-refractivity contribution in [1.29, 1.82) is 0 Å². The summed E-state index contributed by atoms with van der Waals surface area (Å²) in [5.74, 6) is 0. The molecule has 2 heteroatoms. The van der Waals surface area contributed by atoms with Crippen LogP contribution in [0.5, 0.6) is 0 Å². The summed E-state index contributed by atoms with van der Waals surface area (Å²) in [7, 11) is 0. The molecule has 0 aliphatic carbocycles. The average Bonchev–Trinajstić information content (AvgIpc) is 2.31. The monoisotopic (exact) mass is 227 g/mol. The van der Waals surface area contributed by atoms with Crippen molar-refractivity contribution in [2.75, 3.05) is 26.2 Å². The van der Waals surface area contributed by atoms with Crippen molar-refractivity contribution in [1.82, 2.24) is 10.6 Å². The average molecular weight is 227 g/mol. The third-order valence-electron chi connectivity index (χ3n) is 2.81. The normalized spacial score (nSPS) is 10.9. The van der Waals surface area contributed by atoms with Crippen molar-refractivity contribution < 1.29 is 0 Å². The van der Waals surface area contributed by atoms with Gasteiger partial charge in [-0.1, -0.05) is 46.0 Å². The maximum Gasteiger partial charge on any atom is -0.00489 e. The van der Waals surface area contributed by atoms with Crippen LogP contribution in [0, 0.1) is 6.92 Å². The summed E-state index contributed by atoms with van der Waals surface area (Å²) in [5, 5.41) is 6.87. The molecule has 0 rings (SSSR count). The molecule has 0 saturated carbocycles. The lowest BCUT2D eigenvalue weighted by molar-refractivity contribution is 0.553. The van der Waals surface area contributed by atoms with Gasteiger partial charge in [0.2, 0.25) is 0 Å². The molecule has 0 unspecified atom stereocenters. The van der Waals surface area contributed by atoms with Gasteiger partial charge in [0.1, 0.15) is 0 Å². The summed E-state index contributed by atoms with van der Waals surface area (Å²) >= 11 is 0. The van der Waals surface area contributed by atoms with Gasteiger partial charge < -0.3 is 10.6 Å². The van der Waals surface area contributed by atoms with Gasteiger partial charge >= 0.3 is 0 Å². The van der Waals surface area contributed by atoms with Crippen molar-refractivity contribution in [3.05, 3.63) is 6.92 Å². The second kappa shape index (κ2) is 14.9. The third-order valence-corrected chi connectivity index (χ3v) is 2.81. The minimum absolute atomic E-state index is 1.09. The Labute approximate surface area is 103 Å². The lowest BCUT2D eigenvalue weighted by Gasteiger charge is -2.04. The van der Waals surface area contributed by atoms with Gasteiger partial charge in [-0.25, -0.2) is 0 Å². The van der Waals surface area contributed by atoms with E-state index >= 15 is 0 Å². The predicted molar refractivity (Wildman–Crippen MR) is 73.7 cm³/mol. The maximum atomic E-state index is 3.85. The molecule has 0 aromatic heterocycles. The van der Waals surface area contributed by atoms with Crippen LogP contribution >= 0.6 is 0 Å². The molecule has 2 nitrogen and oxygen atoms in total. The van der Waals surface area contributed by atoms with Crippen LogP contribution < -0.4 is 10.6 Å². The van der Waals surface area contributed by atoms with E-state index in [-0.39, 0.29) is 0 Å². The molecule has 0 heterocycles. The van der Waals surface area contributed by atoms with Gasteiger partial charge in [-0.05, 0) is 45.4 Å². The largest absolute Gasteiger partial charge is 0.317 e. The van der Waals surface area contributed by atoms with Gasteiger partial charge in [0.15, 0.2) is 0 Å². The predicted octanol–water partition coefficient (Wildman–Crippen LogP) is 3.14. The Kier molecular flexibility index (Phi) is 14.8. The molecule has 0 aliphatic heterocycles. The third kappa shape index (κ3) is 13.9. The molecule has 2 N–H and O–H groups in total. The molecular weight excluding hydrogens is 196 g/mol. The van der Waals surface area contributed by atoms with Crippen LogP contribution in [0.4, 0.5) is 0 Å². The molecule has 0 spiro atoms. The Balaban J connectivity index is 2.83. The summed E-state index contributed by atoms with van der Waals surface area (Å²) < 4.78 is 0. The molecule has 0 aromatic carbocycles. The highest BCUT2D eigenvalue weighted by atomic mass is 14.8. The van der Waals surface area contributed by atoms with Crippen molar-refractivity contribution in [2.24, 2.45) is 0 Å². The zero-order chi connectivity index (χ0) is 11.9. The van der Waals surface area contributed by atoms with Gasteiger partial charge in [-0.3, -0.25) is 0 Å². The molecular formula is C14H31N2. The molecule has 0 fully saturated rings. The fourth-order valence-corrected chi connectivity index (χ4v) is 1.76. The van der Waals surface area contributed by atoms with E-state index in [0.29, 0.717) is 0 Å². The molecule has 0 aliphatic rings. The smallest absolute Gasteiger partial charge is 0.00489 e. The summed E-state index contributed by atoms with van der Waals surface area (Å²) in [6, 6.07) is 0. The van der Waals surface area contributed by atoms with Crippen molar-refractivity contribution in [3.8, 4) is 0 Å². The summed E-state index contributed by atoms with van der Waals surface area (Å²) in [6.45, 7) is 10.7. The molecule has 0 aromatic rings. The Morgan fingerprint density at radius 2 is 1.19 bits per heavy atom. The topological polar surface area (TPSA) is 24.1 Å². The minimum Gasteiger partial charge on any atom is -0.317 e. The summed E-state index contributed by atoms with van der Waals surface area (Å²) in [6.07, 6.45) is 10.4. The molecule has 0 bridgehead atoms. The van der Waals surface area contributed by atoms with Crippen LogP contribution in [0.25, 0.3) is 0 Å². The molecule has 0 amide bonds. The number of rotatable bonds is 13. The summed E-state index contributed by atoms with van der Waals surface area (Å²) in [5.41, 5.74) is 0. The fourth-order valence-electron chi connectivity index (χ4n) is 1.76. The number of hydrogen-bond acceptors (Lipinski definition) is 2. The first kappa shape index (κ1) is 15.9. The van der Waals surface area contributed by atoms with Gasteiger partial charge in [0.05, 0.1) is 0 Å². The second-order valence-corrected chi connectivity index (χ2v) is 4.43. The zero-order valence-electron chi connectivity index (χ0n) is 11.2. The molecule has 16 heavy (non-hydrogen) atoms. The van der Waals surface area contributed by atoms with Crippen molar-refractivity contribution in [3.63, 3.8) is 0 Å². The van der Waals surface area contributed by atoms with Crippen molar-refractivity contribution >= 4 is 0 Å². The van der Waals surface area contributed by atoms with Crippen molar-refractivity contribution in [2.45, 2.75) is 58.3 Å². The zero-order valence-corrected chi connectivity index (χ0v) is 11.2. The van der Waals surface area contributed by atoms with Crippen LogP contribution in [-0.2, 0) is 0 Å². The number of unbranched alkanes of at least 4 members (excludes halogenated alkanes) is 6. The Morgan fingerprint density at radius 1 is 0.688 bits per heavy atom. The number of nitrogens with one attached hydrogen (secondary N) is 2. The lowest BCUT2D eigenvalue weighted by atomic mass is 10.2. The van der Waals surface area contributed by atoms with Crippen LogP contribution in [0.1, 0.15) is 58.3 Å².